The van der Waals surface area contributed by atoms with Gasteiger partial charge in [-0.1, -0.05) is 30.3 Å². The number of hydrogen-bond acceptors (Lipinski definition) is 1. The summed E-state index contributed by atoms with van der Waals surface area (Å²) in [7, 11) is 0. The van der Waals surface area contributed by atoms with E-state index >= 15 is 35.1 Å². The first kappa shape index (κ1) is 44.4. The molecule has 6 rings (SSSR count). The van der Waals surface area contributed by atoms with Gasteiger partial charge in [-0.25, -0.2) is 92.8 Å². The number of benzene rings is 5. The molecule has 1 heterocycles. The van der Waals surface area contributed by atoms with Crippen LogP contribution >= 0.6 is 15.9 Å². The van der Waals surface area contributed by atoms with Gasteiger partial charge in [-0.15, -0.1) is 21.9 Å². The zero-order valence-electron chi connectivity index (χ0n) is 27.7. The molecule has 5 aromatic carbocycles. The first-order valence-corrected chi connectivity index (χ1v) is 16.1. The van der Waals surface area contributed by atoms with E-state index in [9.17, 15) is 52.7 Å². The lowest BCUT2D eigenvalue weighted by Crippen LogP contribution is -2.81. The van der Waals surface area contributed by atoms with Crippen molar-refractivity contribution >= 4 is 43.9 Å². The highest BCUT2D eigenvalue weighted by Crippen LogP contribution is 2.30. The predicted octanol–water partition coefficient (Wildman–Crippen LogP) is 8.03. The van der Waals surface area contributed by atoms with Gasteiger partial charge in [0.25, 0.3) is 0 Å². The number of rotatable bonds is 6. The van der Waals surface area contributed by atoms with Crippen molar-refractivity contribution in [1.82, 2.24) is 4.98 Å². The van der Waals surface area contributed by atoms with Crippen LogP contribution in [0.15, 0.2) is 53.5 Å². The molecule has 0 atom stereocenters. The minimum Gasteiger partial charge on any atom is -0.237 e. The van der Waals surface area contributed by atoms with E-state index in [0.717, 1.165) is 11.1 Å². The number of halogens is 21. The summed E-state index contributed by atoms with van der Waals surface area (Å²) in [6, 6.07) is 10.3. The zero-order chi connectivity index (χ0) is 44.2. The summed E-state index contributed by atoms with van der Waals surface area (Å²) in [5.41, 5.74) is -13.0. The maximum atomic E-state index is 15.4. The Kier molecular flexibility index (Phi) is 12.4. The van der Waals surface area contributed by atoms with Crippen LogP contribution in [-0.4, -0.2) is 11.1 Å². The van der Waals surface area contributed by atoms with Crippen LogP contribution in [0.3, 0.4) is 0 Å². The van der Waals surface area contributed by atoms with Gasteiger partial charge in [0, 0.05) is 5.56 Å². The topological polar surface area (TPSA) is 16.8 Å². The Hall–Kier alpha value is -5.68. The van der Waals surface area contributed by atoms with E-state index in [1.54, 1.807) is 6.20 Å². The summed E-state index contributed by atoms with van der Waals surface area (Å²) in [5, 5.41) is 0. The van der Waals surface area contributed by atoms with Crippen molar-refractivity contribution in [2.24, 2.45) is 0 Å². The SMILES string of the molecule is Brc1c[n+](Cc2ccccc2)ccn1.Fc1c(F)c(F)c([B-](c2c(F)c(F)c(F)c(F)c2F)(c2c(F)c(F)c(F)c(F)c2F)c2c(F)c(F)c(F)c(F)c2F)c(F)c1F. The van der Waals surface area contributed by atoms with Crippen LogP contribution in [0.25, 0.3) is 0 Å². The molecule has 0 N–H and O–H groups in total. The fourth-order valence-corrected chi connectivity index (χ4v) is 6.55. The maximum absolute atomic E-state index is 15.4. The molecule has 0 unspecified atom stereocenters. The van der Waals surface area contributed by atoms with Gasteiger partial charge in [0.1, 0.15) is 52.7 Å². The number of aromatic nitrogens is 2. The minimum absolute atomic E-state index is 0.857. The molecular weight excluding hydrogens is 919 g/mol. The van der Waals surface area contributed by atoms with Gasteiger partial charge in [0.15, 0.2) is 87.2 Å². The molecule has 0 fully saturated rings. The third-order valence-corrected chi connectivity index (χ3v) is 9.05. The molecule has 310 valence electrons. The molecule has 0 amide bonds. The van der Waals surface area contributed by atoms with Gasteiger partial charge < -0.3 is 0 Å². The lowest BCUT2D eigenvalue weighted by atomic mass is 9.12. The Morgan fingerprint density at radius 1 is 0.390 bits per heavy atom. The first-order chi connectivity index (χ1) is 27.5. The van der Waals surface area contributed by atoms with Crippen LogP contribution < -0.4 is 26.4 Å². The Bertz CT molecular complexity index is 2280. The van der Waals surface area contributed by atoms with E-state index in [1.807, 2.05) is 30.6 Å². The minimum atomic E-state index is -7.22. The van der Waals surface area contributed by atoms with Crippen LogP contribution in [-0.2, 0) is 6.54 Å². The summed E-state index contributed by atoms with van der Waals surface area (Å²) < 4.78 is 297. The summed E-state index contributed by atoms with van der Waals surface area (Å²) in [5.74, 6) is -71.4. The van der Waals surface area contributed by atoms with Crippen molar-refractivity contribution in [3.8, 4) is 0 Å². The van der Waals surface area contributed by atoms with Gasteiger partial charge in [-0.3, -0.25) is 0 Å². The van der Waals surface area contributed by atoms with E-state index in [-0.39, 0.29) is 0 Å². The van der Waals surface area contributed by atoms with Crippen LogP contribution in [0.4, 0.5) is 87.8 Å². The van der Waals surface area contributed by atoms with Gasteiger partial charge in [-0.05, 0) is 15.9 Å². The lowest BCUT2D eigenvalue weighted by molar-refractivity contribution is -0.689. The normalized spacial score (nSPS) is 11.5. The Labute approximate surface area is 323 Å². The van der Waals surface area contributed by atoms with E-state index in [1.165, 1.54) is 5.56 Å². The highest BCUT2D eigenvalue weighted by molar-refractivity contribution is 9.10. The van der Waals surface area contributed by atoms with Crippen molar-refractivity contribution in [1.29, 1.82) is 0 Å². The molecule has 1 aromatic heterocycles. The van der Waals surface area contributed by atoms with Gasteiger partial charge >= 0.3 is 0 Å². The van der Waals surface area contributed by atoms with Crippen LogP contribution in [0.2, 0.25) is 0 Å². The van der Waals surface area contributed by atoms with Crippen molar-refractivity contribution in [2.45, 2.75) is 6.54 Å². The van der Waals surface area contributed by atoms with Crippen molar-refractivity contribution in [2.75, 3.05) is 0 Å². The summed E-state index contributed by atoms with van der Waals surface area (Å²) in [6.07, 6.45) is -1.51. The second kappa shape index (κ2) is 16.5. The Morgan fingerprint density at radius 2 is 0.644 bits per heavy atom. The van der Waals surface area contributed by atoms with Gasteiger partial charge in [0.2, 0.25) is 6.20 Å². The zero-order valence-corrected chi connectivity index (χ0v) is 29.3. The molecule has 0 radical (unpaired) electrons. The lowest BCUT2D eigenvalue weighted by Gasteiger charge is -2.44. The molecule has 24 heteroatoms. The average molecular weight is 929 g/mol. The van der Waals surface area contributed by atoms with Crippen LogP contribution in [0.1, 0.15) is 5.56 Å². The smallest absolute Gasteiger partial charge is 0.202 e. The summed E-state index contributed by atoms with van der Waals surface area (Å²) in [6.45, 7) is 0.877. The highest BCUT2D eigenvalue weighted by Gasteiger charge is 2.52. The Balaban J connectivity index is 0.000000395. The molecule has 0 saturated carbocycles. The summed E-state index contributed by atoms with van der Waals surface area (Å²) >= 11 is 3.34. The predicted molar refractivity (Wildman–Crippen MR) is 167 cm³/mol. The van der Waals surface area contributed by atoms with E-state index < -0.39 is 144 Å². The molecule has 0 aliphatic rings. The first-order valence-electron chi connectivity index (χ1n) is 15.3. The van der Waals surface area contributed by atoms with Crippen molar-refractivity contribution < 1.29 is 92.4 Å². The van der Waals surface area contributed by atoms with E-state index in [4.69, 9.17) is 0 Å². The number of hydrogen-bond donors (Lipinski definition) is 0. The molecule has 0 aliphatic heterocycles. The van der Waals surface area contributed by atoms with Crippen molar-refractivity contribution in [3.05, 3.63) is 175 Å². The van der Waals surface area contributed by atoms with Crippen LogP contribution in [0, 0.1) is 116 Å². The van der Waals surface area contributed by atoms with Crippen LogP contribution in [0.5, 0.6) is 0 Å². The number of nitrogens with zero attached hydrogens (tertiary/aromatic N) is 2. The standard InChI is InChI=1S/C24BF20.C11H10BrN2/c26-5-1(6(27)14(35)21(42)13(5)34)25(2-7(28)15(36)22(43)16(37)8(2)29,3-9(30)17(38)23(44)18(39)10(3)31)4-11(32)19(40)24(45)20(41)12(4)33;12-11-9-14(7-6-13-11)8-10-4-2-1-3-5-10/h;1-7,9H,8H2/q-1;+1. The highest BCUT2D eigenvalue weighted by atomic mass is 79.9. The third-order valence-electron chi connectivity index (χ3n) is 8.64. The molecule has 0 spiro atoms. The molecular formula is C35H10BBrF20N2. The van der Waals surface area contributed by atoms with Crippen molar-refractivity contribution in [3.63, 3.8) is 0 Å². The quantitative estimate of drug-likeness (QED) is 0.0544. The second-order valence-corrected chi connectivity index (χ2v) is 12.6. The molecule has 0 bridgehead atoms. The second-order valence-electron chi connectivity index (χ2n) is 11.8. The van der Waals surface area contributed by atoms with E-state index in [2.05, 4.69) is 37.6 Å². The van der Waals surface area contributed by atoms with Gasteiger partial charge in [-0.2, -0.15) is 4.57 Å². The fraction of sp³-hybridized carbons (Fsp3) is 0.0286. The molecule has 59 heavy (non-hydrogen) atoms. The molecule has 0 aliphatic carbocycles. The monoisotopic (exact) mass is 928 g/mol. The fourth-order valence-electron chi connectivity index (χ4n) is 6.17. The Morgan fingerprint density at radius 3 is 0.898 bits per heavy atom. The average Bonchev–Trinajstić information content (AvgIpc) is 3.21. The molecule has 2 nitrogen and oxygen atoms in total. The van der Waals surface area contributed by atoms with Gasteiger partial charge in [0.05, 0.1) is 6.20 Å². The maximum Gasteiger partial charge on any atom is 0.202 e. The third kappa shape index (κ3) is 7.13. The molecule has 6 aromatic rings. The van der Waals surface area contributed by atoms with E-state index in [0.29, 0.717) is 0 Å². The molecule has 0 saturated heterocycles. The summed E-state index contributed by atoms with van der Waals surface area (Å²) in [4.78, 5) is 4.08. The largest absolute Gasteiger partial charge is 0.237 e.